The molecule has 0 spiro atoms. The van der Waals surface area contributed by atoms with Crippen molar-refractivity contribution in [2.75, 3.05) is 13.2 Å². The first-order valence-corrected chi connectivity index (χ1v) is 11.6. The zero-order valence-electron chi connectivity index (χ0n) is 17.6. The predicted molar refractivity (Wildman–Crippen MR) is 118 cm³/mol. The number of pyridine rings is 1. The summed E-state index contributed by atoms with van der Waals surface area (Å²) in [5.41, 5.74) is 2.63. The van der Waals surface area contributed by atoms with Gasteiger partial charge in [0.2, 0.25) is 5.91 Å². The van der Waals surface area contributed by atoms with Crippen molar-refractivity contribution in [3.8, 4) is 11.1 Å². The Balaban J connectivity index is 1.63. The van der Waals surface area contributed by atoms with Gasteiger partial charge in [-0.15, -0.1) is 0 Å². The molecule has 1 atom stereocenters. The molecule has 1 heterocycles. The lowest BCUT2D eigenvalue weighted by molar-refractivity contribution is -0.228. The van der Waals surface area contributed by atoms with Crippen LogP contribution in [0.5, 0.6) is 0 Å². The summed E-state index contributed by atoms with van der Waals surface area (Å²) in [6, 6.07) is 17.8. The number of hydrogen-bond donors (Lipinski definition) is 1. The Hall–Kier alpha value is -2.57. The molecular formula is C23H26N2O5P-. The Morgan fingerprint density at radius 2 is 1.84 bits per heavy atom. The third-order valence-corrected chi connectivity index (χ3v) is 5.68. The fraction of sp³-hybridized carbons (Fsp3) is 0.304. The zero-order valence-corrected chi connectivity index (χ0v) is 18.5. The zero-order chi connectivity index (χ0) is 22.3. The largest absolute Gasteiger partial charge is 0.756 e. The molecule has 1 N–H and O–H groups in total. The molecule has 0 fully saturated rings. The molecular weight excluding hydrogens is 415 g/mol. The van der Waals surface area contributed by atoms with Gasteiger partial charge in [0.1, 0.15) is 0 Å². The van der Waals surface area contributed by atoms with Crippen LogP contribution < -0.4 is 10.2 Å². The maximum atomic E-state index is 12.5. The van der Waals surface area contributed by atoms with Gasteiger partial charge in [-0.05, 0) is 31.2 Å². The Labute approximate surface area is 182 Å². The van der Waals surface area contributed by atoms with E-state index in [1.165, 1.54) is 0 Å². The molecule has 0 saturated carbocycles. The van der Waals surface area contributed by atoms with E-state index in [1.54, 1.807) is 20.0 Å². The van der Waals surface area contributed by atoms with Gasteiger partial charge in [0, 0.05) is 23.7 Å². The van der Waals surface area contributed by atoms with Gasteiger partial charge in [-0.3, -0.25) is 14.3 Å². The Morgan fingerprint density at radius 1 is 1.13 bits per heavy atom. The summed E-state index contributed by atoms with van der Waals surface area (Å²) in [6.07, 6.45) is 1.76. The minimum absolute atomic E-state index is 0.0583. The lowest BCUT2D eigenvalue weighted by Gasteiger charge is -2.24. The number of rotatable bonds is 10. The van der Waals surface area contributed by atoms with Gasteiger partial charge in [-0.25, -0.2) is 0 Å². The van der Waals surface area contributed by atoms with Crippen LogP contribution in [-0.2, 0) is 24.8 Å². The minimum atomic E-state index is -4.30. The second kappa shape index (κ2) is 10.6. The number of fused-ring (bicyclic) bond motifs is 1. The third-order valence-electron chi connectivity index (χ3n) is 4.50. The van der Waals surface area contributed by atoms with Crippen molar-refractivity contribution < 1.29 is 23.3 Å². The lowest BCUT2D eigenvalue weighted by Crippen LogP contribution is -2.27. The van der Waals surface area contributed by atoms with E-state index in [1.807, 2.05) is 54.6 Å². The van der Waals surface area contributed by atoms with Crippen LogP contribution in [0.3, 0.4) is 0 Å². The number of benzene rings is 2. The van der Waals surface area contributed by atoms with E-state index >= 15 is 0 Å². The molecule has 1 amide bonds. The smallest absolute Gasteiger partial charge is 0.268 e. The van der Waals surface area contributed by atoms with Crippen LogP contribution in [-0.4, -0.2) is 30.1 Å². The number of nitrogens with zero attached hydrogens (tertiary/aromatic N) is 1. The van der Waals surface area contributed by atoms with E-state index in [-0.39, 0.29) is 25.5 Å². The highest BCUT2D eigenvalue weighted by molar-refractivity contribution is 7.45. The van der Waals surface area contributed by atoms with Crippen molar-refractivity contribution >= 4 is 24.5 Å². The number of carbonyl (C=O) groups is 1. The summed E-state index contributed by atoms with van der Waals surface area (Å²) in [5.74, 6) is -0.191. The van der Waals surface area contributed by atoms with Crippen LogP contribution in [0.4, 0.5) is 0 Å². The molecule has 0 bridgehead atoms. The molecule has 3 aromatic rings. The summed E-state index contributed by atoms with van der Waals surface area (Å²) in [7, 11) is -4.30. The number of nitrogens with one attached hydrogen (secondary N) is 1. The molecule has 8 heteroatoms. The van der Waals surface area contributed by atoms with Crippen LogP contribution in [0.15, 0.2) is 60.8 Å². The Kier molecular flexibility index (Phi) is 7.93. The first-order valence-electron chi connectivity index (χ1n) is 10.2. The fourth-order valence-corrected chi connectivity index (χ4v) is 4.18. The maximum absolute atomic E-state index is 12.5. The van der Waals surface area contributed by atoms with Gasteiger partial charge < -0.3 is 19.3 Å². The van der Waals surface area contributed by atoms with Crippen molar-refractivity contribution in [1.29, 1.82) is 0 Å². The van der Waals surface area contributed by atoms with Crippen molar-refractivity contribution in [2.45, 2.75) is 32.8 Å². The van der Waals surface area contributed by atoms with Crippen LogP contribution in [0.2, 0.25) is 0 Å². The highest BCUT2D eigenvalue weighted by Gasteiger charge is 2.15. The third kappa shape index (κ3) is 6.71. The maximum Gasteiger partial charge on any atom is 0.268 e. The van der Waals surface area contributed by atoms with E-state index in [4.69, 9.17) is 9.05 Å². The lowest BCUT2D eigenvalue weighted by atomic mass is 9.96. The molecule has 0 aliphatic rings. The molecule has 31 heavy (non-hydrogen) atoms. The summed E-state index contributed by atoms with van der Waals surface area (Å²) >= 11 is 0. The van der Waals surface area contributed by atoms with Gasteiger partial charge in [0.15, 0.2) is 0 Å². The Bertz CT molecular complexity index is 1070. The van der Waals surface area contributed by atoms with Crippen molar-refractivity contribution in [1.82, 2.24) is 10.3 Å². The van der Waals surface area contributed by atoms with Gasteiger partial charge in [0.05, 0.1) is 24.8 Å². The molecule has 7 nitrogen and oxygen atoms in total. The molecule has 164 valence electrons. The predicted octanol–water partition coefficient (Wildman–Crippen LogP) is 3.86. The van der Waals surface area contributed by atoms with Crippen molar-refractivity contribution in [3.63, 3.8) is 0 Å². The molecule has 1 aromatic heterocycles. The average molecular weight is 441 g/mol. The van der Waals surface area contributed by atoms with Crippen molar-refractivity contribution in [3.05, 3.63) is 66.5 Å². The molecule has 0 aliphatic carbocycles. The topological polar surface area (TPSA) is 101 Å². The molecule has 3 rings (SSSR count). The van der Waals surface area contributed by atoms with Gasteiger partial charge in [0.25, 0.3) is 7.82 Å². The number of phosphoric ester groups is 1. The molecule has 2 aromatic carbocycles. The SMILES string of the molecule is CC(C)OP(=O)([O-])OCCCNC(=O)Cc1ncc2ccccc2c1-c1ccccc1. The number of amides is 1. The number of carbonyl (C=O) groups excluding carboxylic acids is 1. The number of phosphoric acid groups is 1. The van der Waals surface area contributed by atoms with E-state index in [0.717, 1.165) is 21.9 Å². The normalized spacial score (nSPS) is 13.3. The highest BCUT2D eigenvalue weighted by Crippen LogP contribution is 2.39. The van der Waals surface area contributed by atoms with E-state index < -0.39 is 13.9 Å². The minimum Gasteiger partial charge on any atom is -0.756 e. The molecule has 1 unspecified atom stereocenters. The summed E-state index contributed by atoms with van der Waals surface area (Å²) in [5, 5.41) is 4.84. The summed E-state index contributed by atoms with van der Waals surface area (Å²) in [4.78, 5) is 28.6. The number of hydrogen-bond acceptors (Lipinski definition) is 6. The van der Waals surface area contributed by atoms with Crippen LogP contribution in [0.25, 0.3) is 21.9 Å². The summed E-state index contributed by atoms with van der Waals surface area (Å²) < 4.78 is 21.0. The second-order valence-electron chi connectivity index (χ2n) is 7.35. The monoisotopic (exact) mass is 441 g/mol. The average Bonchev–Trinajstić information content (AvgIpc) is 2.73. The van der Waals surface area contributed by atoms with Gasteiger partial charge in [-0.2, -0.15) is 0 Å². The molecule has 0 saturated heterocycles. The van der Waals surface area contributed by atoms with E-state index in [0.29, 0.717) is 12.1 Å². The van der Waals surface area contributed by atoms with Gasteiger partial charge >= 0.3 is 0 Å². The van der Waals surface area contributed by atoms with Crippen LogP contribution in [0, 0.1) is 0 Å². The Morgan fingerprint density at radius 3 is 2.58 bits per heavy atom. The second-order valence-corrected chi connectivity index (χ2v) is 8.71. The van der Waals surface area contributed by atoms with Crippen LogP contribution in [0.1, 0.15) is 26.0 Å². The molecule has 0 radical (unpaired) electrons. The van der Waals surface area contributed by atoms with E-state index in [9.17, 15) is 14.3 Å². The first-order chi connectivity index (χ1) is 14.9. The quantitative estimate of drug-likeness (QED) is 0.379. The van der Waals surface area contributed by atoms with Crippen molar-refractivity contribution in [2.24, 2.45) is 0 Å². The fourth-order valence-electron chi connectivity index (χ4n) is 3.25. The first kappa shape index (κ1) is 23.1. The summed E-state index contributed by atoms with van der Waals surface area (Å²) in [6.45, 7) is 3.45. The van der Waals surface area contributed by atoms with Crippen LogP contribution >= 0.6 is 7.82 Å². The van der Waals surface area contributed by atoms with Gasteiger partial charge in [-0.1, -0.05) is 54.6 Å². The van der Waals surface area contributed by atoms with E-state index in [2.05, 4.69) is 10.3 Å². The molecule has 0 aliphatic heterocycles. The standard InChI is InChI=1S/C23H27N2O5P/c1-17(2)30-31(27,28)29-14-8-13-24-22(26)15-21-23(18-9-4-3-5-10-18)20-12-7-6-11-19(20)16-25-21/h3-7,9-12,16-17H,8,13-15H2,1-2H3,(H,24,26)(H,27,28)/p-1. The highest BCUT2D eigenvalue weighted by atomic mass is 31.2. The number of aromatic nitrogens is 1.